The third kappa shape index (κ3) is 8.86. The number of benzene rings is 3. The first-order valence-corrected chi connectivity index (χ1v) is 17.6. The van der Waals surface area contributed by atoms with Crippen molar-refractivity contribution in [3.8, 4) is 17.4 Å². The van der Waals surface area contributed by atoms with E-state index in [1.807, 2.05) is 34.7 Å². The number of piperazine rings is 1. The molecule has 1 saturated heterocycles. The largest absolute Gasteiger partial charge is 0.484 e. The number of fused-ring (bicyclic) bond motifs is 1. The minimum Gasteiger partial charge on any atom is -0.484 e. The first-order chi connectivity index (χ1) is 23.8. The molecule has 10 nitrogen and oxygen atoms in total. The summed E-state index contributed by atoms with van der Waals surface area (Å²) in [6.45, 7) is 1.62. The molecule has 3 aromatic carbocycles. The molecule has 0 aliphatic carbocycles. The van der Waals surface area contributed by atoms with Crippen LogP contribution in [0.2, 0.25) is 5.02 Å². The Morgan fingerprint density at radius 2 is 1.66 bits per heavy atom. The zero-order valence-corrected chi connectivity index (χ0v) is 28.4. The number of sulfonamides is 1. The molecular formula is C35H33ClF3N5O5S. The summed E-state index contributed by atoms with van der Waals surface area (Å²) in [4.78, 5) is 21.8. The van der Waals surface area contributed by atoms with Gasteiger partial charge in [-0.25, -0.2) is 13.4 Å². The first-order valence-electron chi connectivity index (χ1n) is 15.6. The Hall–Kier alpha value is -4.79. The Kier molecular flexibility index (Phi) is 10.2. The lowest BCUT2D eigenvalue weighted by Crippen LogP contribution is -2.48. The summed E-state index contributed by atoms with van der Waals surface area (Å²) in [5, 5.41) is 1.23. The van der Waals surface area contributed by atoms with Crippen molar-refractivity contribution in [2.24, 2.45) is 7.05 Å². The third-order valence-corrected chi connectivity index (χ3v) is 9.77. The molecule has 0 saturated carbocycles. The summed E-state index contributed by atoms with van der Waals surface area (Å²) in [5.74, 6) is 0.536. The molecule has 1 fully saturated rings. The van der Waals surface area contributed by atoms with E-state index in [0.717, 1.165) is 16.5 Å². The average molecular weight is 728 g/mol. The number of nitrogens with zero attached hydrogens (tertiary/aromatic N) is 4. The monoisotopic (exact) mass is 727 g/mol. The Bertz CT molecular complexity index is 2080. The van der Waals surface area contributed by atoms with Crippen molar-refractivity contribution in [2.45, 2.75) is 18.5 Å². The van der Waals surface area contributed by atoms with E-state index in [1.165, 1.54) is 18.3 Å². The average Bonchev–Trinajstić information content (AvgIpc) is 3.41. The lowest BCUT2D eigenvalue weighted by Gasteiger charge is -2.34. The molecule has 2 aromatic heterocycles. The van der Waals surface area contributed by atoms with Crippen LogP contribution in [0.5, 0.6) is 17.4 Å². The molecule has 6 rings (SSSR count). The number of pyridine rings is 1. The lowest BCUT2D eigenvalue weighted by atomic mass is 10.2. The molecule has 50 heavy (non-hydrogen) atoms. The van der Waals surface area contributed by atoms with Gasteiger partial charge < -0.3 is 18.9 Å². The molecule has 5 aromatic rings. The second-order valence-electron chi connectivity index (χ2n) is 11.9. The maximum absolute atomic E-state index is 13.5. The van der Waals surface area contributed by atoms with E-state index in [0.29, 0.717) is 54.8 Å². The number of carbonyl (C=O) groups is 1. The molecule has 0 bridgehead atoms. The summed E-state index contributed by atoms with van der Waals surface area (Å²) in [6, 6.07) is 23.7. The SMILES string of the molecule is Cn1c(C(=O)N2CCN(Cc3ccc(OCC(F)(F)F)cc3)CC2)cc2ccc(Oc3ccc(NS(=O)(=O)Cc4ccccc4Cl)cn3)cc21. The van der Waals surface area contributed by atoms with E-state index in [-0.39, 0.29) is 29.0 Å². The van der Waals surface area contributed by atoms with Crippen molar-refractivity contribution in [3.05, 3.63) is 113 Å². The predicted molar refractivity (Wildman–Crippen MR) is 184 cm³/mol. The normalized spacial score (nSPS) is 14.1. The molecule has 0 spiro atoms. The van der Waals surface area contributed by atoms with Gasteiger partial charge in [0.15, 0.2) is 6.61 Å². The molecule has 1 aliphatic rings. The van der Waals surface area contributed by atoms with Gasteiger partial charge >= 0.3 is 6.18 Å². The van der Waals surface area contributed by atoms with Crippen LogP contribution >= 0.6 is 11.6 Å². The van der Waals surface area contributed by atoms with E-state index in [4.69, 9.17) is 21.1 Å². The topological polar surface area (TPSA) is 106 Å². The Morgan fingerprint density at radius 1 is 0.940 bits per heavy atom. The van der Waals surface area contributed by atoms with Crippen molar-refractivity contribution < 1.29 is 35.9 Å². The van der Waals surface area contributed by atoms with Gasteiger partial charge in [0, 0.05) is 62.3 Å². The summed E-state index contributed by atoms with van der Waals surface area (Å²) in [6.07, 6.45) is -3.02. The molecule has 0 unspecified atom stereocenters. The number of carbonyl (C=O) groups excluding carboxylic acids is 1. The number of anilines is 1. The van der Waals surface area contributed by atoms with E-state index in [1.54, 1.807) is 54.6 Å². The molecule has 3 heterocycles. The highest BCUT2D eigenvalue weighted by Gasteiger charge is 2.28. The van der Waals surface area contributed by atoms with Crippen molar-refractivity contribution in [3.63, 3.8) is 0 Å². The molecule has 1 N–H and O–H groups in total. The van der Waals surface area contributed by atoms with Crippen LogP contribution in [0.25, 0.3) is 10.9 Å². The Labute approximate surface area is 292 Å². The summed E-state index contributed by atoms with van der Waals surface area (Å²) < 4.78 is 77.5. The van der Waals surface area contributed by atoms with Crippen LogP contribution in [0.3, 0.4) is 0 Å². The fourth-order valence-corrected chi connectivity index (χ4v) is 7.12. The number of aromatic nitrogens is 2. The second kappa shape index (κ2) is 14.6. The standard InChI is InChI=1S/C35H33ClF3N5O5S/c1-42-31-19-29(49-33-13-9-27(20-40-33)41-50(46,47)22-26-4-2-3-5-30(26)36)12-8-25(31)18-32(42)34(45)44-16-14-43(15-17-44)21-24-6-10-28(11-7-24)48-23-35(37,38)39/h2-13,18-20,41H,14-17,21-23H2,1H3. The van der Waals surface area contributed by atoms with Gasteiger partial charge in [-0.05, 0) is 53.6 Å². The number of halogens is 4. The fourth-order valence-electron chi connectivity index (χ4n) is 5.62. The number of nitrogens with one attached hydrogen (secondary N) is 1. The zero-order chi connectivity index (χ0) is 35.5. The van der Waals surface area contributed by atoms with Crippen molar-refractivity contribution in [2.75, 3.05) is 37.5 Å². The highest BCUT2D eigenvalue weighted by atomic mass is 35.5. The Morgan fingerprint density at radius 3 is 2.34 bits per heavy atom. The lowest BCUT2D eigenvalue weighted by molar-refractivity contribution is -0.153. The van der Waals surface area contributed by atoms with Crippen LogP contribution < -0.4 is 14.2 Å². The number of alkyl halides is 3. The van der Waals surface area contributed by atoms with Crippen LogP contribution in [-0.2, 0) is 29.4 Å². The van der Waals surface area contributed by atoms with E-state index in [9.17, 15) is 26.4 Å². The van der Waals surface area contributed by atoms with Gasteiger partial charge in [0.05, 0.1) is 23.2 Å². The summed E-state index contributed by atoms with van der Waals surface area (Å²) in [5.41, 5.74) is 3.02. The van der Waals surface area contributed by atoms with E-state index < -0.39 is 22.8 Å². The molecular weight excluding hydrogens is 695 g/mol. The van der Waals surface area contributed by atoms with E-state index in [2.05, 4.69) is 14.6 Å². The molecule has 15 heteroatoms. The summed E-state index contributed by atoms with van der Waals surface area (Å²) in [7, 11) is -1.91. The summed E-state index contributed by atoms with van der Waals surface area (Å²) >= 11 is 6.11. The van der Waals surface area contributed by atoms with E-state index >= 15 is 0 Å². The highest BCUT2D eigenvalue weighted by Crippen LogP contribution is 2.29. The maximum Gasteiger partial charge on any atom is 0.422 e. The molecule has 262 valence electrons. The van der Waals surface area contributed by atoms with Crippen LogP contribution in [-0.4, -0.2) is 72.6 Å². The molecule has 0 atom stereocenters. The van der Waals surface area contributed by atoms with Crippen molar-refractivity contribution >= 4 is 44.1 Å². The van der Waals surface area contributed by atoms with Crippen molar-refractivity contribution in [1.29, 1.82) is 0 Å². The number of amides is 1. The van der Waals surface area contributed by atoms with Crippen LogP contribution in [0.4, 0.5) is 18.9 Å². The third-order valence-electron chi connectivity index (χ3n) is 8.16. The van der Waals surface area contributed by atoms with Crippen molar-refractivity contribution in [1.82, 2.24) is 19.4 Å². The quantitative estimate of drug-likeness (QED) is 0.159. The molecule has 0 radical (unpaired) electrons. The van der Waals surface area contributed by atoms with Crippen LogP contribution in [0.1, 0.15) is 21.6 Å². The predicted octanol–water partition coefficient (Wildman–Crippen LogP) is 6.86. The maximum atomic E-state index is 13.5. The number of rotatable bonds is 11. The zero-order valence-electron chi connectivity index (χ0n) is 26.9. The minimum absolute atomic E-state index is 0.0915. The van der Waals surface area contributed by atoms with Crippen LogP contribution in [0, 0.1) is 0 Å². The van der Waals surface area contributed by atoms with Crippen LogP contribution in [0.15, 0.2) is 91.1 Å². The first kappa shape index (κ1) is 35.1. The van der Waals surface area contributed by atoms with Gasteiger partial charge in [0.1, 0.15) is 17.2 Å². The molecule has 1 amide bonds. The van der Waals surface area contributed by atoms with Gasteiger partial charge in [-0.3, -0.25) is 14.4 Å². The number of hydrogen-bond acceptors (Lipinski definition) is 7. The van der Waals surface area contributed by atoms with Gasteiger partial charge in [-0.1, -0.05) is 41.9 Å². The Balaban J connectivity index is 1.03. The molecule has 1 aliphatic heterocycles. The van der Waals surface area contributed by atoms with Gasteiger partial charge in [-0.15, -0.1) is 0 Å². The number of ether oxygens (including phenoxy) is 2. The second-order valence-corrected chi connectivity index (χ2v) is 14.0. The number of hydrogen-bond donors (Lipinski definition) is 1. The smallest absolute Gasteiger partial charge is 0.422 e. The highest BCUT2D eigenvalue weighted by molar-refractivity contribution is 7.91. The van der Waals surface area contributed by atoms with Gasteiger partial charge in [-0.2, -0.15) is 13.2 Å². The minimum atomic E-state index is -4.39. The van der Waals surface area contributed by atoms with Gasteiger partial charge in [0.2, 0.25) is 15.9 Å². The van der Waals surface area contributed by atoms with Gasteiger partial charge in [0.25, 0.3) is 5.91 Å². The number of aryl methyl sites for hydroxylation is 1. The fraction of sp³-hybridized carbons (Fsp3) is 0.257.